The number of amides is 2. The smallest absolute Gasteiger partial charge is 0.229 e. The summed E-state index contributed by atoms with van der Waals surface area (Å²) < 4.78 is 0. The minimum atomic E-state index is -0.306. The molecule has 1 saturated heterocycles. The van der Waals surface area contributed by atoms with Crippen molar-refractivity contribution < 1.29 is 9.59 Å². The van der Waals surface area contributed by atoms with E-state index in [9.17, 15) is 9.59 Å². The van der Waals surface area contributed by atoms with Crippen LogP contribution < -0.4 is 5.32 Å². The number of hydrogen-bond acceptors (Lipinski definition) is 3. The number of pyridine rings is 1. The van der Waals surface area contributed by atoms with Crippen molar-refractivity contribution in [1.29, 1.82) is 0 Å². The number of anilines is 1. The number of nitrogens with one attached hydrogen (secondary N) is 1. The van der Waals surface area contributed by atoms with E-state index in [2.05, 4.69) is 36.0 Å². The van der Waals surface area contributed by atoms with E-state index in [1.165, 1.54) is 0 Å². The second kappa shape index (κ2) is 8.50. The molecule has 138 valence electrons. The first-order chi connectivity index (χ1) is 13.0. The Hall–Kier alpha value is -3.13. The van der Waals surface area contributed by atoms with Gasteiger partial charge in [-0.15, -0.1) is 0 Å². The van der Waals surface area contributed by atoms with Crippen molar-refractivity contribution in [2.75, 3.05) is 18.4 Å². The third-order valence-electron chi connectivity index (χ3n) is 4.30. The van der Waals surface area contributed by atoms with Crippen molar-refractivity contribution in [1.82, 2.24) is 9.88 Å². The van der Waals surface area contributed by atoms with E-state index in [0.29, 0.717) is 30.4 Å². The molecule has 1 atom stereocenters. The highest BCUT2D eigenvalue weighted by Gasteiger charge is 2.34. The Morgan fingerprint density at radius 2 is 2.11 bits per heavy atom. The second-order valence-corrected chi connectivity index (χ2v) is 7.13. The molecule has 0 spiro atoms. The molecular formula is C22H23N3O2. The molecule has 0 aliphatic carbocycles. The zero-order valence-corrected chi connectivity index (χ0v) is 15.6. The van der Waals surface area contributed by atoms with Gasteiger partial charge < -0.3 is 10.2 Å². The summed E-state index contributed by atoms with van der Waals surface area (Å²) in [7, 11) is 0. The van der Waals surface area contributed by atoms with Crippen LogP contribution in [0.1, 0.15) is 31.5 Å². The number of hydrogen-bond donors (Lipinski definition) is 1. The van der Waals surface area contributed by atoms with E-state index in [4.69, 9.17) is 0 Å². The minimum Gasteiger partial charge on any atom is -0.342 e. The lowest BCUT2D eigenvalue weighted by Gasteiger charge is -2.18. The first-order valence-electron chi connectivity index (χ1n) is 9.13. The molecule has 2 amide bonds. The van der Waals surface area contributed by atoms with Gasteiger partial charge in [-0.2, -0.15) is 0 Å². The van der Waals surface area contributed by atoms with Crippen molar-refractivity contribution in [2.45, 2.75) is 20.3 Å². The van der Waals surface area contributed by atoms with Crippen LogP contribution in [-0.4, -0.2) is 34.8 Å². The Morgan fingerprint density at radius 1 is 1.26 bits per heavy atom. The lowest BCUT2D eigenvalue weighted by atomic mass is 10.1. The summed E-state index contributed by atoms with van der Waals surface area (Å²) in [4.78, 5) is 30.6. The number of benzene rings is 1. The monoisotopic (exact) mass is 361 g/mol. The maximum absolute atomic E-state index is 12.5. The molecule has 1 aliphatic rings. The van der Waals surface area contributed by atoms with Crippen LogP contribution in [0, 0.1) is 23.7 Å². The highest BCUT2D eigenvalue weighted by molar-refractivity contribution is 5.97. The van der Waals surface area contributed by atoms with E-state index in [1.54, 1.807) is 11.1 Å². The van der Waals surface area contributed by atoms with E-state index in [-0.39, 0.29) is 24.2 Å². The van der Waals surface area contributed by atoms with Gasteiger partial charge in [-0.25, -0.2) is 4.98 Å². The molecule has 27 heavy (non-hydrogen) atoms. The van der Waals surface area contributed by atoms with Crippen LogP contribution in [0.2, 0.25) is 0 Å². The lowest BCUT2D eigenvalue weighted by Crippen LogP contribution is -2.31. The molecule has 3 rings (SSSR count). The molecule has 1 N–H and O–H groups in total. The summed E-state index contributed by atoms with van der Waals surface area (Å²) in [5.74, 6) is 6.08. The van der Waals surface area contributed by atoms with Crippen LogP contribution in [-0.2, 0) is 9.59 Å². The predicted molar refractivity (Wildman–Crippen MR) is 105 cm³/mol. The van der Waals surface area contributed by atoms with E-state index < -0.39 is 0 Å². The Morgan fingerprint density at radius 3 is 2.85 bits per heavy atom. The Labute approximate surface area is 159 Å². The maximum Gasteiger partial charge on any atom is 0.229 e. The van der Waals surface area contributed by atoms with Crippen molar-refractivity contribution in [3.05, 3.63) is 59.9 Å². The van der Waals surface area contributed by atoms with Crippen molar-refractivity contribution in [3.8, 4) is 11.8 Å². The SMILES string of the molecule is CC(C)CN1CC(C(=O)Nc2cccc(C#Cc3ccccn3)c2)CC1=O. The number of carbonyl (C=O) groups is 2. The molecule has 0 bridgehead atoms. The molecule has 0 saturated carbocycles. The first-order valence-corrected chi connectivity index (χ1v) is 9.13. The van der Waals surface area contributed by atoms with Gasteiger partial charge in [0.2, 0.25) is 11.8 Å². The van der Waals surface area contributed by atoms with Gasteiger partial charge in [0.1, 0.15) is 5.69 Å². The molecule has 2 heterocycles. The number of likely N-dealkylation sites (tertiary alicyclic amines) is 1. The number of aromatic nitrogens is 1. The molecular weight excluding hydrogens is 338 g/mol. The molecule has 5 nitrogen and oxygen atoms in total. The molecule has 1 fully saturated rings. The van der Waals surface area contributed by atoms with Gasteiger partial charge in [0.15, 0.2) is 0 Å². The quantitative estimate of drug-likeness (QED) is 0.852. The van der Waals surface area contributed by atoms with E-state index >= 15 is 0 Å². The first kappa shape index (κ1) is 18.7. The Kier molecular flexibility index (Phi) is 5.87. The van der Waals surface area contributed by atoms with Crippen LogP contribution in [0.4, 0.5) is 5.69 Å². The van der Waals surface area contributed by atoms with Crippen molar-refractivity contribution in [2.24, 2.45) is 11.8 Å². The topological polar surface area (TPSA) is 62.3 Å². The Bertz CT molecular complexity index is 881. The van der Waals surface area contributed by atoms with Gasteiger partial charge in [-0.05, 0) is 42.2 Å². The Balaban J connectivity index is 1.64. The second-order valence-electron chi connectivity index (χ2n) is 7.13. The van der Waals surface area contributed by atoms with Crippen LogP contribution in [0.3, 0.4) is 0 Å². The van der Waals surface area contributed by atoms with Crippen LogP contribution in [0.25, 0.3) is 0 Å². The largest absolute Gasteiger partial charge is 0.342 e. The average molecular weight is 361 g/mol. The van der Waals surface area contributed by atoms with Crippen LogP contribution in [0.15, 0.2) is 48.7 Å². The van der Waals surface area contributed by atoms with Crippen molar-refractivity contribution >= 4 is 17.5 Å². The molecule has 0 radical (unpaired) electrons. The van der Waals surface area contributed by atoms with Gasteiger partial charge in [0.25, 0.3) is 0 Å². The van der Waals surface area contributed by atoms with Crippen LogP contribution in [0.5, 0.6) is 0 Å². The molecule has 1 unspecified atom stereocenters. The maximum atomic E-state index is 12.5. The van der Waals surface area contributed by atoms with E-state index in [1.807, 2.05) is 42.5 Å². The molecule has 2 aromatic rings. The molecule has 1 aromatic heterocycles. The summed E-state index contributed by atoms with van der Waals surface area (Å²) in [5.41, 5.74) is 2.17. The highest BCUT2D eigenvalue weighted by Crippen LogP contribution is 2.21. The lowest BCUT2D eigenvalue weighted by molar-refractivity contribution is -0.128. The van der Waals surface area contributed by atoms with E-state index in [0.717, 1.165) is 5.56 Å². The summed E-state index contributed by atoms with van der Waals surface area (Å²) in [6, 6.07) is 13.0. The highest BCUT2D eigenvalue weighted by atomic mass is 16.2. The number of rotatable bonds is 4. The summed E-state index contributed by atoms with van der Waals surface area (Å²) >= 11 is 0. The summed E-state index contributed by atoms with van der Waals surface area (Å²) in [6.07, 6.45) is 1.98. The molecule has 1 aliphatic heterocycles. The fourth-order valence-electron chi connectivity index (χ4n) is 3.06. The normalized spacial score (nSPS) is 16.2. The van der Waals surface area contributed by atoms with Gasteiger partial charge in [-0.1, -0.05) is 31.9 Å². The summed E-state index contributed by atoms with van der Waals surface area (Å²) in [5, 5.41) is 2.92. The third kappa shape index (κ3) is 5.18. The van der Waals surface area contributed by atoms with Gasteiger partial charge in [-0.3, -0.25) is 9.59 Å². The zero-order valence-electron chi connectivity index (χ0n) is 15.6. The van der Waals surface area contributed by atoms with Crippen molar-refractivity contribution in [3.63, 3.8) is 0 Å². The van der Waals surface area contributed by atoms with Crippen LogP contribution >= 0.6 is 0 Å². The fraction of sp³-hybridized carbons (Fsp3) is 0.318. The number of nitrogens with zero attached hydrogens (tertiary/aromatic N) is 2. The molecule has 5 heteroatoms. The van der Waals surface area contributed by atoms with Gasteiger partial charge in [0.05, 0.1) is 5.92 Å². The molecule has 1 aromatic carbocycles. The standard InChI is InChI=1S/C22H23N3O2/c1-16(2)14-25-15-18(13-21(25)26)22(27)24-20-8-5-6-17(12-20)9-10-19-7-3-4-11-23-19/h3-8,11-12,16,18H,13-15H2,1-2H3,(H,24,27). The average Bonchev–Trinajstić information content (AvgIpc) is 3.01. The van der Waals surface area contributed by atoms with Gasteiger partial charge in [0, 0.05) is 37.0 Å². The fourth-order valence-corrected chi connectivity index (χ4v) is 3.06. The van der Waals surface area contributed by atoms with Gasteiger partial charge >= 0.3 is 0 Å². The number of carbonyl (C=O) groups excluding carboxylic acids is 2. The zero-order chi connectivity index (χ0) is 19.2. The third-order valence-corrected chi connectivity index (χ3v) is 4.30. The minimum absolute atomic E-state index is 0.0545. The summed E-state index contributed by atoms with van der Waals surface area (Å²) in [6.45, 7) is 5.32. The predicted octanol–water partition coefficient (Wildman–Crippen LogP) is 2.92.